The van der Waals surface area contributed by atoms with Crippen molar-refractivity contribution in [2.45, 2.75) is 61.4 Å². The van der Waals surface area contributed by atoms with Gasteiger partial charge in [0.15, 0.2) is 6.61 Å². The Morgan fingerprint density at radius 3 is 2.12 bits per heavy atom. The zero-order valence-corrected chi connectivity index (χ0v) is 23.0. The van der Waals surface area contributed by atoms with Gasteiger partial charge in [-0.05, 0) is 66.5 Å². The molecule has 3 aromatic rings. The third-order valence-electron chi connectivity index (χ3n) is 9.04. The minimum atomic E-state index is -4.84. The summed E-state index contributed by atoms with van der Waals surface area (Å²) in [6, 6.07) is 18.2. The first-order chi connectivity index (χ1) is 20.5. The summed E-state index contributed by atoms with van der Waals surface area (Å²) in [7, 11) is 0. The van der Waals surface area contributed by atoms with Gasteiger partial charge in [0.25, 0.3) is 5.91 Å². The van der Waals surface area contributed by atoms with E-state index in [2.05, 4.69) is 22.8 Å². The van der Waals surface area contributed by atoms with Crippen LogP contribution in [0.2, 0.25) is 0 Å². The second-order valence-electron chi connectivity index (χ2n) is 11.6. The fourth-order valence-electron chi connectivity index (χ4n) is 6.79. The van der Waals surface area contributed by atoms with Gasteiger partial charge in [0, 0.05) is 17.5 Å². The number of carbonyl (C=O) groups excluding carboxylic acids is 2. The van der Waals surface area contributed by atoms with Crippen molar-refractivity contribution in [3.8, 4) is 16.9 Å². The Kier molecular flexibility index (Phi) is 7.32. The Hall–Kier alpha value is -4.12. The van der Waals surface area contributed by atoms with E-state index in [-0.39, 0.29) is 24.7 Å². The number of hydrogen-bond acceptors (Lipinski definition) is 5. The lowest BCUT2D eigenvalue weighted by Gasteiger charge is -2.56. The standard InChI is InChI=1S/C32H30F4N2O5/c33-26-15-19(9-10-25(26)32(34,35)36)42-18-28(40)37-31-13-11-30(12-14-31,16-27(31)39)38-29(41)43-17-24-22-7-3-1-5-20(22)21-6-2-4-8-23(21)24/h1-10,15,24,27,39H,11-14,16-18H2,(H,37,40)(H,38,41)/t27-,30?,31?/m0/s1. The van der Waals surface area contributed by atoms with Crippen LogP contribution >= 0.6 is 0 Å². The molecule has 3 N–H and O–H groups in total. The topological polar surface area (TPSA) is 96.9 Å². The van der Waals surface area contributed by atoms with Crippen LogP contribution in [0.4, 0.5) is 22.4 Å². The smallest absolute Gasteiger partial charge is 0.419 e. The molecule has 4 aliphatic carbocycles. The maximum absolute atomic E-state index is 13.8. The highest BCUT2D eigenvalue weighted by Gasteiger charge is 2.55. The number of aliphatic hydroxyl groups excluding tert-OH is 1. The number of fused-ring (bicyclic) bond motifs is 6. The summed E-state index contributed by atoms with van der Waals surface area (Å²) >= 11 is 0. The quantitative estimate of drug-likeness (QED) is 0.304. The van der Waals surface area contributed by atoms with Crippen LogP contribution in [0.15, 0.2) is 66.7 Å². The minimum Gasteiger partial charge on any atom is -0.484 e. The first kappa shape index (κ1) is 29.0. The van der Waals surface area contributed by atoms with E-state index in [4.69, 9.17) is 9.47 Å². The first-order valence-corrected chi connectivity index (χ1v) is 14.1. The molecule has 4 aliphatic rings. The van der Waals surface area contributed by atoms with E-state index in [9.17, 15) is 32.3 Å². The molecule has 0 saturated heterocycles. The molecule has 226 valence electrons. The molecule has 0 spiro atoms. The molecule has 0 aliphatic heterocycles. The van der Waals surface area contributed by atoms with Gasteiger partial charge in [-0.1, -0.05) is 48.5 Å². The Labute approximate surface area is 245 Å². The largest absolute Gasteiger partial charge is 0.484 e. The average molecular weight is 599 g/mol. The number of carbonyl (C=O) groups is 2. The van der Waals surface area contributed by atoms with Crippen molar-refractivity contribution in [2.75, 3.05) is 13.2 Å². The molecule has 0 radical (unpaired) electrons. The molecule has 3 aromatic carbocycles. The number of ether oxygens (including phenoxy) is 2. The lowest BCUT2D eigenvalue weighted by Crippen LogP contribution is -2.70. The van der Waals surface area contributed by atoms with Crippen LogP contribution in [0, 0.1) is 5.82 Å². The third kappa shape index (κ3) is 5.53. The molecule has 3 saturated carbocycles. The highest BCUT2D eigenvalue weighted by atomic mass is 19.4. The van der Waals surface area contributed by atoms with E-state index in [1.807, 2.05) is 36.4 Å². The molecule has 7 rings (SSSR count). The zero-order valence-electron chi connectivity index (χ0n) is 23.0. The van der Waals surface area contributed by atoms with E-state index in [1.54, 1.807) is 0 Å². The molecule has 0 aromatic heterocycles. The number of nitrogens with one attached hydrogen (secondary N) is 2. The molecule has 7 nitrogen and oxygen atoms in total. The van der Waals surface area contributed by atoms with Crippen LogP contribution in [0.25, 0.3) is 11.1 Å². The number of hydrogen-bond donors (Lipinski definition) is 3. The number of alkyl carbamates (subject to hydrolysis) is 1. The monoisotopic (exact) mass is 598 g/mol. The summed E-state index contributed by atoms with van der Waals surface area (Å²) in [5, 5.41) is 16.8. The van der Waals surface area contributed by atoms with E-state index >= 15 is 0 Å². The number of aliphatic hydroxyl groups is 1. The summed E-state index contributed by atoms with van der Waals surface area (Å²) in [5.41, 5.74) is 1.43. The number of halogens is 4. The van der Waals surface area contributed by atoms with Gasteiger partial charge in [0.2, 0.25) is 0 Å². The third-order valence-corrected chi connectivity index (χ3v) is 9.04. The summed E-state index contributed by atoms with van der Waals surface area (Å²) in [4.78, 5) is 25.6. The summed E-state index contributed by atoms with van der Waals surface area (Å²) < 4.78 is 63.1. The maximum atomic E-state index is 13.8. The molecular formula is C32H30F4N2O5. The molecule has 2 amide bonds. The number of rotatable bonds is 7. The van der Waals surface area contributed by atoms with Gasteiger partial charge in [-0.3, -0.25) is 4.79 Å². The molecule has 0 heterocycles. The SMILES string of the molecule is O=C(COc1ccc(C(F)(F)F)c(F)c1)NC12CCC(NC(=O)OCC3c4ccccc4-c4ccccc43)(CC1)C[C@@H]2O. The maximum Gasteiger partial charge on any atom is 0.419 e. The lowest BCUT2D eigenvalue weighted by atomic mass is 9.60. The van der Waals surface area contributed by atoms with Gasteiger partial charge < -0.3 is 25.2 Å². The number of benzene rings is 3. The van der Waals surface area contributed by atoms with E-state index < -0.39 is 53.3 Å². The van der Waals surface area contributed by atoms with Gasteiger partial charge in [0.1, 0.15) is 18.2 Å². The van der Waals surface area contributed by atoms with Crippen molar-refractivity contribution in [2.24, 2.45) is 0 Å². The van der Waals surface area contributed by atoms with Gasteiger partial charge in [-0.15, -0.1) is 0 Å². The average Bonchev–Trinajstić information content (AvgIpc) is 3.29. The fraction of sp³-hybridized carbons (Fsp3) is 0.375. The highest BCUT2D eigenvalue weighted by Crippen LogP contribution is 2.48. The van der Waals surface area contributed by atoms with Crippen LogP contribution in [-0.4, -0.2) is 47.5 Å². The normalized spacial score (nSPS) is 24.2. The molecule has 2 bridgehead atoms. The molecule has 11 heteroatoms. The molecular weight excluding hydrogens is 568 g/mol. The minimum absolute atomic E-state index is 0.0805. The Balaban J connectivity index is 1.02. The van der Waals surface area contributed by atoms with Gasteiger partial charge >= 0.3 is 12.3 Å². The summed E-state index contributed by atoms with van der Waals surface area (Å²) in [6.45, 7) is -0.399. The Morgan fingerprint density at radius 2 is 1.53 bits per heavy atom. The van der Waals surface area contributed by atoms with Crippen molar-refractivity contribution < 1.29 is 41.7 Å². The lowest BCUT2D eigenvalue weighted by molar-refractivity contribution is -0.140. The van der Waals surface area contributed by atoms with Crippen molar-refractivity contribution in [1.29, 1.82) is 0 Å². The van der Waals surface area contributed by atoms with Crippen LogP contribution < -0.4 is 15.4 Å². The van der Waals surface area contributed by atoms with Crippen LogP contribution in [0.3, 0.4) is 0 Å². The zero-order chi connectivity index (χ0) is 30.4. The molecule has 3 fully saturated rings. The Morgan fingerprint density at radius 1 is 0.907 bits per heavy atom. The number of amides is 2. The van der Waals surface area contributed by atoms with E-state index in [0.717, 1.165) is 28.3 Å². The summed E-state index contributed by atoms with van der Waals surface area (Å²) in [6.07, 6.45) is -4.38. The van der Waals surface area contributed by atoms with E-state index in [1.165, 1.54) is 0 Å². The highest BCUT2D eigenvalue weighted by molar-refractivity contribution is 5.79. The van der Waals surface area contributed by atoms with E-state index in [0.29, 0.717) is 37.8 Å². The number of alkyl halides is 3. The van der Waals surface area contributed by atoms with Crippen LogP contribution in [0.1, 0.15) is 54.7 Å². The van der Waals surface area contributed by atoms with Crippen molar-refractivity contribution in [3.05, 3.63) is 89.2 Å². The fourth-order valence-corrected chi connectivity index (χ4v) is 6.79. The predicted octanol–water partition coefficient (Wildman–Crippen LogP) is 5.69. The molecule has 43 heavy (non-hydrogen) atoms. The molecule has 0 unspecified atom stereocenters. The second kappa shape index (κ2) is 10.9. The molecule has 1 atom stereocenters. The van der Waals surface area contributed by atoms with Crippen LogP contribution in [0.5, 0.6) is 5.75 Å². The van der Waals surface area contributed by atoms with Crippen LogP contribution in [-0.2, 0) is 15.7 Å². The van der Waals surface area contributed by atoms with Gasteiger partial charge in [-0.2, -0.15) is 13.2 Å². The first-order valence-electron chi connectivity index (χ1n) is 14.1. The van der Waals surface area contributed by atoms with Crippen molar-refractivity contribution in [1.82, 2.24) is 10.6 Å². The van der Waals surface area contributed by atoms with Crippen molar-refractivity contribution in [3.63, 3.8) is 0 Å². The van der Waals surface area contributed by atoms with Gasteiger partial charge in [0.05, 0.1) is 17.2 Å². The Bertz CT molecular complexity index is 1510. The summed E-state index contributed by atoms with van der Waals surface area (Å²) in [5.74, 6) is -2.40. The predicted molar refractivity (Wildman–Crippen MR) is 148 cm³/mol. The second-order valence-corrected chi connectivity index (χ2v) is 11.6. The van der Waals surface area contributed by atoms with Crippen molar-refractivity contribution >= 4 is 12.0 Å². The van der Waals surface area contributed by atoms with Gasteiger partial charge in [-0.25, -0.2) is 9.18 Å².